The zero-order valence-electron chi connectivity index (χ0n) is 11.8. The molecule has 0 bridgehead atoms. The highest BCUT2D eigenvalue weighted by Gasteiger charge is 2.18. The molecule has 0 saturated carbocycles. The number of para-hydroxylation sites is 1. The molecule has 0 aliphatic carbocycles. The van der Waals surface area contributed by atoms with Gasteiger partial charge in [-0.3, -0.25) is 9.59 Å². The van der Waals surface area contributed by atoms with E-state index in [0.29, 0.717) is 12.2 Å². The summed E-state index contributed by atoms with van der Waals surface area (Å²) >= 11 is 0. The summed E-state index contributed by atoms with van der Waals surface area (Å²) < 4.78 is 5.44. The van der Waals surface area contributed by atoms with Crippen LogP contribution in [-0.4, -0.2) is 49.3 Å². The maximum absolute atomic E-state index is 12.0. The average molecular weight is 292 g/mol. The maximum atomic E-state index is 12.0. The van der Waals surface area contributed by atoms with Crippen molar-refractivity contribution in [1.29, 1.82) is 0 Å². The number of rotatable bonds is 7. The minimum Gasteiger partial charge on any atom is -0.480 e. The second-order valence-electron chi connectivity index (χ2n) is 5.02. The number of nitrogens with zero attached hydrogens (tertiary/aromatic N) is 1. The Bertz CT molecular complexity index is 472. The molecule has 6 nitrogen and oxygen atoms in total. The van der Waals surface area contributed by atoms with E-state index in [1.54, 1.807) is 12.1 Å². The summed E-state index contributed by atoms with van der Waals surface area (Å²) in [6.45, 7) is 1.03. The van der Waals surface area contributed by atoms with Crippen molar-refractivity contribution in [2.45, 2.75) is 18.9 Å². The fraction of sp³-hybridized carbons (Fsp3) is 0.467. The second kappa shape index (κ2) is 7.64. The first-order valence-corrected chi connectivity index (χ1v) is 7.05. The fourth-order valence-electron chi connectivity index (χ4n) is 2.30. The van der Waals surface area contributed by atoms with E-state index >= 15 is 0 Å². The topological polar surface area (TPSA) is 78.9 Å². The van der Waals surface area contributed by atoms with Crippen LogP contribution < -0.4 is 10.2 Å². The Morgan fingerprint density at radius 1 is 1.29 bits per heavy atom. The van der Waals surface area contributed by atoms with Gasteiger partial charge in [0.1, 0.15) is 6.54 Å². The van der Waals surface area contributed by atoms with Crippen LogP contribution in [0, 0.1) is 0 Å². The molecular formula is C15H20N2O4. The first kappa shape index (κ1) is 15.3. The Morgan fingerprint density at radius 3 is 2.67 bits per heavy atom. The van der Waals surface area contributed by atoms with Gasteiger partial charge < -0.3 is 20.1 Å². The van der Waals surface area contributed by atoms with Crippen molar-refractivity contribution in [2.75, 3.05) is 31.1 Å². The lowest BCUT2D eigenvalue weighted by Gasteiger charge is -2.22. The molecule has 2 N–H and O–H groups in total. The SMILES string of the molecule is O=C(O)CN(CC(=O)NCC1CCCO1)c1ccccc1. The van der Waals surface area contributed by atoms with Crippen molar-refractivity contribution in [3.8, 4) is 0 Å². The number of anilines is 1. The fourth-order valence-corrected chi connectivity index (χ4v) is 2.30. The van der Waals surface area contributed by atoms with Crippen LogP contribution in [-0.2, 0) is 14.3 Å². The number of carboxylic acid groups (broad SMARTS) is 1. The molecule has 1 aliphatic heterocycles. The zero-order chi connectivity index (χ0) is 15.1. The standard InChI is InChI=1S/C15H20N2O4/c18-14(16-9-13-7-4-8-21-13)10-17(11-15(19)20)12-5-2-1-3-6-12/h1-3,5-6,13H,4,7-11H2,(H,16,18)(H,19,20). The van der Waals surface area contributed by atoms with Crippen molar-refractivity contribution in [3.05, 3.63) is 30.3 Å². The molecule has 1 aromatic rings. The monoisotopic (exact) mass is 292 g/mol. The summed E-state index contributed by atoms with van der Waals surface area (Å²) in [5.74, 6) is -1.17. The van der Waals surface area contributed by atoms with Gasteiger partial charge in [-0.05, 0) is 25.0 Å². The van der Waals surface area contributed by atoms with Gasteiger partial charge >= 0.3 is 5.97 Å². The van der Waals surface area contributed by atoms with Crippen molar-refractivity contribution in [1.82, 2.24) is 5.32 Å². The smallest absolute Gasteiger partial charge is 0.323 e. The van der Waals surface area contributed by atoms with E-state index in [0.717, 1.165) is 19.4 Å². The van der Waals surface area contributed by atoms with Crippen LogP contribution >= 0.6 is 0 Å². The van der Waals surface area contributed by atoms with Gasteiger partial charge in [0.15, 0.2) is 0 Å². The molecule has 21 heavy (non-hydrogen) atoms. The molecule has 0 aromatic heterocycles. The minimum atomic E-state index is -0.967. The highest BCUT2D eigenvalue weighted by Crippen LogP contribution is 2.13. The molecule has 1 fully saturated rings. The highest BCUT2D eigenvalue weighted by molar-refractivity contribution is 5.84. The van der Waals surface area contributed by atoms with Crippen LogP contribution in [0.2, 0.25) is 0 Å². The van der Waals surface area contributed by atoms with E-state index in [1.807, 2.05) is 18.2 Å². The number of hydrogen-bond donors (Lipinski definition) is 2. The summed E-state index contributed by atoms with van der Waals surface area (Å²) in [4.78, 5) is 24.4. The molecule has 2 rings (SSSR count). The lowest BCUT2D eigenvalue weighted by atomic mass is 10.2. The van der Waals surface area contributed by atoms with Gasteiger partial charge in [0.25, 0.3) is 0 Å². The van der Waals surface area contributed by atoms with E-state index in [1.165, 1.54) is 4.90 Å². The summed E-state index contributed by atoms with van der Waals surface area (Å²) in [5, 5.41) is 11.8. The number of carbonyl (C=O) groups excluding carboxylic acids is 1. The molecule has 0 spiro atoms. The number of ether oxygens (including phenoxy) is 1. The Kier molecular flexibility index (Phi) is 5.57. The molecule has 6 heteroatoms. The Balaban J connectivity index is 1.88. The maximum Gasteiger partial charge on any atom is 0.323 e. The lowest BCUT2D eigenvalue weighted by molar-refractivity contribution is -0.135. The number of amides is 1. The molecular weight excluding hydrogens is 272 g/mol. The van der Waals surface area contributed by atoms with Crippen molar-refractivity contribution in [3.63, 3.8) is 0 Å². The van der Waals surface area contributed by atoms with E-state index in [2.05, 4.69) is 5.32 Å². The predicted molar refractivity (Wildman–Crippen MR) is 78.3 cm³/mol. The van der Waals surface area contributed by atoms with Crippen molar-refractivity contribution >= 4 is 17.6 Å². The van der Waals surface area contributed by atoms with E-state index in [9.17, 15) is 9.59 Å². The second-order valence-corrected chi connectivity index (χ2v) is 5.02. The summed E-state index contributed by atoms with van der Waals surface area (Å²) in [6.07, 6.45) is 2.06. The summed E-state index contributed by atoms with van der Waals surface area (Å²) in [6, 6.07) is 9.05. The average Bonchev–Trinajstić information content (AvgIpc) is 2.98. The Labute approximate surface area is 123 Å². The molecule has 1 unspecified atom stereocenters. The van der Waals surface area contributed by atoms with Crippen LogP contribution in [0.5, 0.6) is 0 Å². The Hall–Kier alpha value is -2.08. The molecule has 1 heterocycles. The first-order valence-electron chi connectivity index (χ1n) is 7.05. The van der Waals surface area contributed by atoms with Gasteiger partial charge in [-0.1, -0.05) is 18.2 Å². The van der Waals surface area contributed by atoms with Crippen LogP contribution in [0.4, 0.5) is 5.69 Å². The van der Waals surface area contributed by atoms with Crippen molar-refractivity contribution < 1.29 is 19.4 Å². The quantitative estimate of drug-likeness (QED) is 0.779. The minimum absolute atomic E-state index is 0.0169. The van der Waals surface area contributed by atoms with Gasteiger partial charge in [-0.2, -0.15) is 0 Å². The van der Waals surface area contributed by atoms with Crippen molar-refractivity contribution in [2.24, 2.45) is 0 Å². The molecule has 1 saturated heterocycles. The van der Waals surface area contributed by atoms with Gasteiger partial charge in [0.2, 0.25) is 5.91 Å². The molecule has 1 aromatic carbocycles. The number of hydrogen-bond acceptors (Lipinski definition) is 4. The number of carboxylic acids is 1. The number of benzene rings is 1. The predicted octanol–water partition coefficient (Wildman–Crippen LogP) is 0.873. The van der Waals surface area contributed by atoms with Gasteiger partial charge in [0.05, 0.1) is 12.6 Å². The van der Waals surface area contributed by atoms with Gasteiger partial charge in [-0.25, -0.2) is 0 Å². The van der Waals surface area contributed by atoms with Crippen LogP contribution in [0.1, 0.15) is 12.8 Å². The molecule has 114 valence electrons. The largest absolute Gasteiger partial charge is 0.480 e. The van der Waals surface area contributed by atoms with E-state index in [4.69, 9.17) is 9.84 Å². The lowest BCUT2D eigenvalue weighted by Crippen LogP contribution is -2.42. The third kappa shape index (κ3) is 5.07. The first-order chi connectivity index (χ1) is 10.1. The van der Waals surface area contributed by atoms with Crippen LogP contribution in [0.3, 0.4) is 0 Å². The zero-order valence-corrected chi connectivity index (χ0v) is 11.8. The van der Waals surface area contributed by atoms with Crippen LogP contribution in [0.15, 0.2) is 30.3 Å². The van der Waals surface area contributed by atoms with Gasteiger partial charge in [0, 0.05) is 18.8 Å². The van der Waals surface area contributed by atoms with Gasteiger partial charge in [-0.15, -0.1) is 0 Å². The summed E-state index contributed by atoms with van der Waals surface area (Å²) in [7, 11) is 0. The molecule has 1 amide bonds. The Morgan fingerprint density at radius 2 is 2.05 bits per heavy atom. The number of nitrogens with one attached hydrogen (secondary N) is 1. The highest BCUT2D eigenvalue weighted by atomic mass is 16.5. The molecule has 0 radical (unpaired) electrons. The third-order valence-electron chi connectivity index (χ3n) is 3.33. The molecule has 1 aliphatic rings. The number of aliphatic carboxylic acids is 1. The van der Waals surface area contributed by atoms with E-state index < -0.39 is 5.97 Å². The number of carbonyl (C=O) groups is 2. The van der Waals surface area contributed by atoms with E-state index in [-0.39, 0.29) is 25.1 Å². The summed E-state index contributed by atoms with van der Waals surface area (Å²) in [5.41, 5.74) is 0.715. The molecule has 1 atom stereocenters. The normalized spacial score (nSPS) is 17.4. The third-order valence-corrected chi connectivity index (χ3v) is 3.33. The van der Waals surface area contributed by atoms with Crippen LogP contribution in [0.25, 0.3) is 0 Å².